The third-order valence-electron chi connectivity index (χ3n) is 3.45. The molecule has 0 saturated heterocycles. The van der Waals surface area contributed by atoms with Crippen LogP contribution in [0.4, 0.5) is 0 Å². The molecule has 0 aromatic heterocycles. The van der Waals surface area contributed by atoms with Crippen molar-refractivity contribution in [2.24, 2.45) is 5.73 Å². The lowest BCUT2D eigenvalue weighted by Crippen LogP contribution is -2.51. The summed E-state index contributed by atoms with van der Waals surface area (Å²) in [5.41, 5.74) is 6.08. The minimum atomic E-state index is -0.226. The number of hydrogen-bond acceptors (Lipinski definition) is 2. The second-order valence-corrected chi connectivity index (χ2v) is 5.03. The molecule has 0 atom stereocenters. The molecule has 0 spiro atoms. The van der Waals surface area contributed by atoms with Gasteiger partial charge in [0.05, 0.1) is 16.1 Å². The molecule has 1 aliphatic carbocycles. The highest BCUT2D eigenvalue weighted by Crippen LogP contribution is 2.29. The predicted molar refractivity (Wildman–Crippen MR) is 76.4 cm³/mol. The van der Waals surface area contributed by atoms with Gasteiger partial charge < -0.3 is 11.1 Å². The van der Waals surface area contributed by atoms with Crippen LogP contribution in [0.1, 0.15) is 36.0 Å². The van der Waals surface area contributed by atoms with Crippen molar-refractivity contribution in [2.75, 3.05) is 6.54 Å². The second-order valence-electron chi connectivity index (χ2n) is 4.63. The van der Waals surface area contributed by atoms with Crippen LogP contribution in [0.5, 0.6) is 0 Å². The van der Waals surface area contributed by atoms with E-state index in [2.05, 4.69) is 5.32 Å². The van der Waals surface area contributed by atoms with Crippen LogP contribution >= 0.6 is 24.0 Å². The van der Waals surface area contributed by atoms with Crippen LogP contribution in [0, 0.1) is 0 Å². The van der Waals surface area contributed by atoms with E-state index < -0.39 is 0 Å². The van der Waals surface area contributed by atoms with E-state index >= 15 is 0 Å². The Kier molecular flexibility index (Phi) is 5.45. The Balaban J connectivity index is 0.00000162. The van der Waals surface area contributed by atoms with Crippen molar-refractivity contribution >= 4 is 29.9 Å². The molecular formula is C13H18Cl2N2O. The summed E-state index contributed by atoms with van der Waals surface area (Å²) in [6.45, 7) is 0.489. The van der Waals surface area contributed by atoms with E-state index in [1.165, 1.54) is 0 Å². The average Bonchev–Trinajstić information content (AvgIpc) is 2.79. The fourth-order valence-corrected chi connectivity index (χ4v) is 2.61. The summed E-state index contributed by atoms with van der Waals surface area (Å²) in [7, 11) is 0. The maximum absolute atomic E-state index is 12.1. The maximum atomic E-state index is 12.1. The van der Waals surface area contributed by atoms with E-state index in [9.17, 15) is 4.79 Å². The van der Waals surface area contributed by atoms with Crippen molar-refractivity contribution in [3.8, 4) is 0 Å². The first kappa shape index (κ1) is 15.3. The summed E-state index contributed by atoms with van der Waals surface area (Å²) in [6.07, 6.45) is 4.17. The van der Waals surface area contributed by atoms with Crippen molar-refractivity contribution < 1.29 is 4.79 Å². The van der Waals surface area contributed by atoms with E-state index in [1.54, 1.807) is 12.1 Å². The molecule has 18 heavy (non-hydrogen) atoms. The summed E-state index contributed by atoms with van der Waals surface area (Å²) in [6, 6.07) is 7.08. The number of rotatable bonds is 3. The number of amides is 1. The molecule has 1 aromatic rings. The van der Waals surface area contributed by atoms with Crippen LogP contribution < -0.4 is 11.1 Å². The fraction of sp³-hybridized carbons (Fsp3) is 0.462. The zero-order chi connectivity index (χ0) is 12.3. The first-order valence-electron chi connectivity index (χ1n) is 5.94. The Bertz CT molecular complexity index is 417. The van der Waals surface area contributed by atoms with Crippen molar-refractivity contribution in [1.29, 1.82) is 0 Å². The largest absolute Gasteiger partial charge is 0.345 e. The number of halogens is 2. The molecular weight excluding hydrogens is 271 g/mol. The number of hydrogen-bond donors (Lipinski definition) is 2. The molecule has 1 aromatic carbocycles. The van der Waals surface area contributed by atoms with Crippen LogP contribution in [-0.2, 0) is 0 Å². The van der Waals surface area contributed by atoms with E-state index in [-0.39, 0.29) is 23.9 Å². The molecule has 0 radical (unpaired) electrons. The lowest BCUT2D eigenvalue weighted by molar-refractivity contribution is 0.0903. The molecule has 1 saturated carbocycles. The minimum Gasteiger partial charge on any atom is -0.345 e. The van der Waals surface area contributed by atoms with Gasteiger partial charge in [-0.15, -0.1) is 12.4 Å². The Morgan fingerprint density at radius 3 is 2.50 bits per heavy atom. The topological polar surface area (TPSA) is 55.1 Å². The molecule has 3 N–H and O–H groups in total. The molecule has 1 aliphatic rings. The van der Waals surface area contributed by atoms with Crippen LogP contribution in [0.25, 0.3) is 0 Å². The van der Waals surface area contributed by atoms with Gasteiger partial charge in [0, 0.05) is 6.54 Å². The monoisotopic (exact) mass is 288 g/mol. The van der Waals surface area contributed by atoms with Gasteiger partial charge in [-0.3, -0.25) is 4.79 Å². The smallest absolute Gasteiger partial charge is 0.253 e. The highest BCUT2D eigenvalue weighted by atomic mass is 35.5. The van der Waals surface area contributed by atoms with Gasteiger partial charge in [-0.25, -0.2) is 0 Å². The highest BCUT2D eigenvalue weighted by Gasteiger charge is 2.34. The van der Waals surface area contributed by atoms with Crippen LogP contribution in [0.15, 0.2) is 24.3 Å². The van der Waals surface area contributed by atoms with Gasteiger partial charge in [-0.2, -0.15) is 0 Å². The highest BCUT2D eigenvalue weighted by molar-refractivity contribution is 6.33. The normalized spacial score (nSPS) is 17.0. The van der Waals surface area contributed by atoms with Gasteiger partial charge >= 0.3 is 0 Å². The quantitative estimate of drug-likeness (QED) is 0.899. The summed E-state index contributed by atoms with van der Waals surface area (Å²) in [5, 5.41) is 3.53. The Morgan fingerprint density at radius 2 is 1.94 bits per heavy atom. The molecule has 100 valence electrons. The van der Waals surface area contributed by atoms with Gasteiger partial charge in [0.25, 0.3) is 5.91 Å². The molecule has 5 heteroatoms. The third kappa shape index (κ3) is 3.16. The van der Waals surface area contributed by atoms with E-state index in [0.717, 1.165) is 25.7 Å². The Hall–Kier alpha value is -0.770. The van der Waals surface area contributed by atoms with Gasteiger partial charge in [-0.1, -0.05) is 36.6 Å². The average molecular weight is 289 g/mol. The summed E-state index contributed by atoms with van der Waals surface area (Å²) >= 11 is 6.00. The third-order valence-corrected chi connectivity index (χ3v) is 3.78. The molecule has 1 amide bonds. The zero-order valence-corrected chi connectivity index (χ0v) is 11.7. The van der Waals surface area contributed by atoms with Crippen LogP contribution in [-0.4, -0.2) is 18.0 Å². The lowest BCUT2D eigenvalue weighted by atomic mass is 9.97. The van der Waals surface area contributed by atoms with Crippen molar-refractivity contribution in [3.05, 3.63) is 34.9 Å². The summed E-state index contributed by atoms with van der Waals surface area (Å²) < 4.78 is 0. The number of carbonyl (C=O) groups excluding carboxylic acids is 1. The SMILES string of the molecule is Cl.NCC1(NC(=O)c2ccccc2Cl)CCCC1. The first-order chi connectivity index (χ1) is 8.17. The van der Waals surface area contributed by atoms with Gasteiger partial charge in [0.1, 0.15) is 0 Å². The van der Waals surface area contributed by atoms with Crippen molar-refractivity contribution in [3.63, 3.8) is 0 Å². The minimum absolute atomic E-state index is 0. The first-order valence-corrected chi connectivity index (χ1v) is 6.32. The number of nitrogens with one attached hydrogen (secondary N) is 1. The van der Waals surface area contributed by atoms with Crippen LogP contribution in [0.2, 0.25) is 5.02 Å². The Labute approximate surface area is 118 Å². The Morgan fingerprint density at radius 1 is 1.33 bits per heavy atom. The molecule has 1 fully saturated rings. The number of nitrogens with two attached hydrogens (primary N) is 1. The molecule has 0 aliphatic heterocycles. The summed E-state index contributed by atoms with van der Waals surface area (Å²) in [5.74, 6) is -0.122. The second kappa shape index (κ2) is 6.41. The van der Waals surface area contributed by atoms with Crippen LogP contribution in [0.3, 0.4) is 0 Å². The van der Waals surface area contributed by atoms with Crippen molar-refractivity contribution in [2.45, 2.75) is 31.2 Å². The number of benzene rings is 1. The van der Waals surface area contributed by atoms with E-state index in [1.807, 2.05) is 12.1 Å². The zero-order valence-electron chi connectivity index (χ0n) is 10.1. The van der Waals surface area contributed by atoms with E-state index in [4.69, 9.17) is 17.3 Å². The van der Waals surface area contributed by atoms with Gasteiger partial charge in [0.15, 0.2) is 0 Å². The molecule has 3 nitrogen and oxygen atoms in total. The lowest BCUT2D eigenvalue weighted by Gasteiger charge is -2.28. The fourth-order valence-electron chi connectivity index (χ4n) is 2.39. The van der Waals surface area contributed by atoms with Gasteiger partial charge in [-0.05, 0) is 25.0 Å². The van der Waals surface area contributed by atoms with Crippen molar-refractivity contribution in [1.82, 2.24) is 5.32 Å². The molecule has 2 rings (SSSR count). The summed E-state index contributed by atoms with van der Waals surface area (Å²) in [4.78, 5) is 12.1. The molecule has 0 unspecified atom stereocenters. The predicted octanol–water partition coefficient (Wildman–Crippen LogP) is 2.76. The van der Waals surface area contributed by atoms with Gasteiger partial charge in [0.2, 0.25) is 0 Å². The molecule has 0 bridgehead atoms. The number of carbonyl (C=O) groups is 1. The molecule has 0 heterocycles. The maximum Gasteiger partial charge on any atom is 0.253 e. The standard InChI is InChI=1S/C13H17ClN2O.ClH/c14-11-6-2-1-5-10(11)12(17)16-13(9-15)7-3-4-8-13;/h1-2,5-6H,3-4,7-9,15H2,(H,16,17);1H. The van der Waals surface area contributed by atoms with E-state index in [0.29, 0.717) is 17.1 Å².